The molecule has 2 aromatic rings. The van der Waals surface area contributed by atoms with Gasteiger partial charge in [-0.05, 0) is 37.5 Å². The summed E-state index contributed by atoms with van der Waals surface area (Å²) < 4.78 is 10.7. The van der Waals surface area contributed by atoms with E-state index in [1.165, 1.54) is 31.0 Å². The van der Waals surface area contributed by atoms with Gasteiger partial charge in [-0.2, -0.15) is 0 Å². The first kappa shape index (κ1) is 18.8. The molecule has 0 unspecified atom stereocenters. The second-order valence-corrected chi connectivity index (χ2v) is 7.67. The molecule has 0 atom stereocenters. The molecule has 0 spiro atoms. The van der Waals surface area contributed by atoms with Crippen molar-refractivity contribution in [3.8, 4) is 11.5 Å². The summed E-state index contributed by atoms with van der Waals surface area (Å²) in [5.74, 6) is 1.83. The maximum Gasteiger partial charge on any atom is 0.230 e. The number of fused-ring (bicyclic) bond motifs is 1. The van der Waals surface area contributed by atoms with E-state index >= 15 is 0 Å². The highest BCUT2D eigenvalue weighted by Crippen LogP contribution is 2.33. The van der Waals surface area contributed by atoms with Crippen LogP contribution in [0.5, 0.6) is 11.5 Å². The molecule has 1 N–H and O–H groups in total. The molecule has 1 aliphatic rings. The van der Waals surface area contributed by atoms with Crippen LogP contribution in [0.15, 0.2) is 23.2 Å². The summed E-state index contributed by atoms with van der Waals surface area (Å²) in [4.78, 5) is 17.0. The average Bonchev–Trinajstić information content (AvgIpc) is 2.66. The Bertz CT molecular complexity index is 788. The Labute approximate surface area is 158 Å². The Balaban J connectivity index is 1.70. The van der Waals surface area contributed by atoms with Crippen molar-refractivity contribution in [2.75, 3.05) is 20.0 Å². The van der Waals surface area contributed by atoms with Gasteiger partial charge < -0.3 is 14.8 Å². The molecule has 0 bridgehead atoms. The van der Waals surface area contributed by atoms with E-state index in [0.29, 0.717) is 23.3 Å². The number of pyridine rings is 1. The molecule has 0 saturated heterocycles. The summed E-state index contributed by atoms with van der Waals surface area (Å²) >= 11 is 1.49. The number of benzene rings is 1. The quantitative estimate of drug-likeness (QED) is 0.772. The summed E-state index contributed by atoms with van der Waals surface area (Å²) in [6.45, 7) is 2.02. The van der Waals surface area contributed by atoms with Crippen molar-refractivity contribution in [2.24, 2.45) is 0 Å². The molecule has 1 amide bonds. The number of ether oxygens (including phenoxy) is 2. The monoisotopic (exact) mass is 374 g/mol. The van der Waals surface area contributed by atoms with Crippen LogP contribution in [0.1, 0.15) is 37.7 Å². The van der Waals surface area contributed by atoms with Crippen LogP contribution in [-0.4, -0.2) is 36.9 Å². The molecule has 5 nitrogen and oxygen atoms in total. The van der Waals surface area contributed by atoms with E-state index in [2.05, 4.69) is 11.4 Å². The van der Waals surface area contributed by atoms with Crippen LogP contribution in [-0.2, 0) is 4.79 Å². The number of carbonyl (C=O) groups excluding carboxylic acids is 1. The number of thioether (sulfide) groups is 1. The fraction of sp³-hybridized carbons (Fsp3) is 0.500. The van der Waals surface area contributed by atoms with E-state index in [-0.39, 0.29) is 5.91 Å². The van der Waals surface area contributed by atoms with Gasteiger partial charge in [0.15, 0.2) is 11.5 Å². The molecule has 1 aromatic carbocycles. The van der Waals surface area contributed by atoms with E-state index in [1.807, 2.05) is 19.1 Å². The minimum absolute atomic E-state index is 0.0931. The topological polar surface area (TPSA) is 60.5 Å². The first-order chi connectivity index (χ1) is 12.6. The van der Waals surface area contributed by atoms with Crippen molar-refractivity contribution in [1.29, 1.82) is 0 Å². The van der Waals surface area contributed by atoms with Crippen molar-refractivity contribution in [3.05, 3.63) is 23.8 Å². The smallest absolute Gasteiger partial charge is 0.230 e. The number of carbonyl (C=O) groups is 1. The molecule has 1 fully saturated rings. The zero-order valence-corrected chi connectivity index (χ0v) is 16.4. The minimum Gasteiger partial charge on any atom is -0.493 e. The van der Waals surface area contributed by atoms with Crippen LogP contribution in [0.25, 0.3) is 10.9 Å². The fourth-order valence-electron chi connectivity index (χ4n) is 3.39. The molecule has 0 radical (unpaired) electrons. The van der Waals surface area contributed by atoms with Crippen molar-refractivity contribution in [3.63, 3.8) is 0 Å². The van der Waals surface area contributed by atoms with Gasteiger partial charge in [-0.1, -0.05) is 31.0 Å². The average molecular weight is 375 g/mol. The molecule has 0 aliphatic heterocycles. The van der Waals surface area contributed by atoms with Crippen LogP contribution >= 0.6 is 11.8 Å². The Morgan fingerprint density at radius 1 is 1.15 bits per heavy atom. The number of hydrogen-bond acceptors (Lipinski definition) is 5. The largest absolute Gasteiger partial charge is 0.493 e. The third-order valence-electron chi connectivity index (χ3n) is 4.77. The van der Waals surface area contributed by atoms with Gasteiger partial charge in [-0.15, -0.1) is 0 Å². The predicted octanol–water partition coefficient (Wildman–Crippen LogP) is 4.10. The minimum atomic E-state index is 0.0931. The van der Waals surface area contributed by atoms with Gasteiger partial charge >= 0.3 is 0 Å². The van der Waals surface area contributed by atoms with E-state index in [4.69, 9.17) is 14.5 Å². The van der Waals surface area contributed by atoms with Crippen molar-refractivity contribution in [2.45, 2.75) is 50.1 Å². The number of methoxy groups -OCH3 is 2. The lowest BCUT2D eigenvalue weighted by Crippen LogP contribution is -2.37. The zero-order valence-electron chi connectivity index (χ0n) is 15.6. The summed E-state index contributed by atoms with van der Waals surface area (Å²) in [6.07, 6.45) is 5.93. The van der Waals surface area contributed by atoms with Gasteiger partial charge in [-0.3, -0.25) is 4.79 Å². The summed E-state index contributed by atoms with van der Waals surface area (Å²) in [5.41, 5.74) is 1.89. The van der Waals surface area contributed by atoms with Gasteiger partial charge in [0, 0.05) is 17.5 Å². The summed E-state index contributed by atoms with van der Waals surface area (Å²) in [5, 5.41) is 5.03. The fourth-order valence-corrected chi connectivity index (χ4v) is 4.19. The van der Waals surface area contributed by atoms with E-state index in [9.17, 15) is 4.79 Å². The third kappa shape index (κ3) is 4.41. The number of aromatic nitrogens is 1. The lowest BCUT2D eigenvalue weighted by atomic mass is 9.95. The first-order valence-electron chi connectivity index (χ1n) is 9.06. The number of rotatable bonds is 6. The summed E-state index contributed by atoms with van der Waals surface area (Å²) in [6, 6.07) is 6.23. The van der Waals surface area contributed by atoms with Crippen molar-refractivity contribution < 1.29 is 14.3 Å². The maximum absolute atomic E-state index is 12.2. The van der Waals surface area contributed by atoms with Gasteiger partial charge in [-0.25, -0.2) is 4.98 Å². The predicted molar refractivity (Wildman–Crippen MR) is 105 cm³/mol. The number of aryl methyl sites for hydroxylation is 1. The highest BCUT2D eigenvalue weighted by atomic mass is 32.2. The number of hydrogen-bond donors (Lipinski definition) is 1. The highest BCUT2D eigenvalue weighted by molar-refractivity contribution is 7.99. The number of nitrogens with zero attached hydrogens (tertiary/aromatic N) is 1. The van der Waals surface area contributed by atoms with Crippen molar-refractivity contribution >= 4 is 28.6 Å². The second kappa shape index (κ2) is 8.62. The number of nitrogens with one attached hydrogen (secondary N) is 1. The first-order valence-corrected chi connectivity index (χ1v) is 10.0. The molecular weight excluding hydrogens is 348 g/mol. The van der Waals surface area contributed by atoms with Gasteiger partial charge in [0.2, 0.25) is 5.91 Å². The highest BCUT2D eigenvalue weighted by Gasteiger charge is 2.16. The molecule has 3 rings (SSSR count). The Kier molecular flexibility index (Phi) is 6.25. The standard InChI is InChI=1S/C20H26N2O3S/c1-13-9-14-10-17(24-2)18(25-3)11-16(14)22-20(13)26-12-19(23)21-15-7-5-4-6-8-15/h9-11,15H,4-8,12H2,1-3H3,(H,21,23). The molecule has 1 saturated carbocycles. The second-order valence-electron chi connectivity index (χ2n) is 6.70. The van der Waals surface area contributed by atoms with Crippen LogP contribution in [0.4, 0.5) is 0 Å². The Morgan fingerprint density at radius 3 is 2.54 bits per heavy atom. The normalized spacial score (nSPS) is 15.0. The third-order valence-corrected chi connectivity index (χ3v) is 5.87. The molecule has 1 heterocycles. The number of amides is 1. The van der Waals surface area contributed by atoms with Crippen LogP contribution in [0.2, 0.25) is 0 Å². The van der Waals surface area contributed by atoms with Crippen LogP contribution in [0, 0.1) is 6.92 Å². The van der Waals surface area contributed by atoms with Gasteiger partial charge in [0.1, 0.15) is 5.03 Å². The summed E-state index contributed by atoms with van der Waals surface area (Å²) in [7, 11) is 3.24. The van der Waals surface area contributed by atoms with E-state index < -0.39 is 0 Å². The molecule has 140 valence electrons. The SMILES string of the molecule is COc1cc2cc(C)c(SCC(=O)NC3CCCCC3)nc2cc1OC. The van der Waals surface area contributed by atoms with Gasteiger partial charge in [0.05, 0.1) is 25.5 Å². The van der Waals surface area contributed by atoms with Gasteiger partial charge in [0.25, 0.3) is 0 Å². The van der Waals surface area contributed by atoms with Crippen molar-refractivity contribution in [1.82, 2.24) is 10.3 Å². The van der Waals surface area contributed by atoms with E-state index in [1.54, 1.807) is 14.2 Å². The lowest BCUT2D eigenvalue weighted by molar-refractivity contribution is -0.119. The van der Waals surface area contributed by atoms with Crippen LogP contribution in [0.3, 0.4) is 0 Å². The molecular formula is C20H26N2O3S. The Hall–Kier alpha value is -1.95. The molecule has 1 aromatic heterocycles. The van der Waals surface area contributed by atoms with Crippen LogP contribution < -0.4 is 14.8 Å². The maximum atomic E-state index is 12.2. The zero-order chi connectivity index (χ0) is 18.5. The van der Waals surface area contributed by atoms with E-state index in [0.717, 1.165) is 34.3 Å². The molecule has 26 heavy (non-hydrogen) atoms. The molecule has 1 aliphatic carbocycles. The lowest BCUT2D eigenvalue weighted by Gasteiger charge is -2.22. The molecule has 6 heteroatoms. The Morgan fingerprint density at radius 2 is 1.85 bits per heavy atom.